The van der Waals surface area contributed by atoms with E-state index in [1.165, 1.54) is 12.4 Å². The number of carbonyl (C=O) groups is 2. The van der Waals surface area contributed by atoms with Crippen LogP contribution in [-0.2, 0) is 0 Å². The molecule has 4 N–H and O–H groups in total. The topological polar surface area (TPSA) is 96.2 Å². The van der Waals surface area contributed by atoms with Gasteiger partial charge < -0.3 is 15.8 Å². The van der Waals surface area contributed by atoms with Crippen LogP contribution in [0.1, 0.15) is 20.7 Å². The number of nitrogens with one attached hydrogen (secondary N) is 1. The zero-order valence-corrected chi connectivity index (χ0v) is 5.50. The van der Waals surface area contributed by atoms with Crippen LogP contribution >= 0.6 is 0 Å². The van der Waals surface area contributed by atoms with Gasteiger partial charge in [-0.25, -0.2) is 4.79 Å². The van der Waals surface area contributed by atoms with E-state index in [0.717, 1.165) is 0 Å². The van der Waals surface area contributed by atoms with Gasteiger partial charge in [-0.1, -0.05) is 0 Å². The Labute approximate surface area is 61.8 Å². The molecule has 0 radical (unpaired) electrons. The largest absolute Gasteiger partial charge is 0.478 e. The Morgan fingerprint density at radius 1 is 1.36 bits per heavy atom. The van der Waals surface area contributed by atoms with E-state index in [2.05, 4.69) is 4.98 Å². The summed E-state index contributed by atoms with van der Waals surface area (Å²) in [5, 5.41) is 8.48. The zero-order chi connectivity index (χ0) is 8.43. The number of aromatic carboxylic acids is 1. The third-order valence-electron chi connectivity index (χ3n) is 1.24. The summed E-state index contributed by atoms with van der Waals surface area (Å²) >= 11 is 0. The fraction of sp³-hybridized carbons (Fsp3) is 0. The summed E-state index contributed by atoms with van der Waals surface area (Å²) in [6, 6.07) is 0. The lowest BCUT2D eigenvalue weighted by Gasteiger charge is -1.90. The molecule has 0 aliphatic carbocycles. The SMILES string of the molecule is NC(=O)c1c[nH]cc1C(=O)O. The highest BCUT2D eigenvalue weighted by Gasteiger charge is 2.14. The van der Waals surface area contributed by atoms with Crippen LogP contribution in [-0.4, -0.2) is 22.0 Å². The van der Waals surface area contributed by atoms with Crippen molar-refractivity contribution in [1.29, 1.82) is 0 Å². The van der Waals surface area contributed by atoms with Crippen molar-refractivity contribution < 1.29 is 14.7 Å². The number of nitrogens with two attached hydrogens (primary N) is 1. The first-order chi connectivity index (χ1) is 5.13. The number of carboxylic acids is 1. The molecule has 11 heavy (non-hydrogen) atoms. The quantitative estimate of drug-likeness (QED) is 0.550. The maximum Gasteiger partial charge on any atom is 0.338 e. The molecule has 5 nitrogen and oxygen atoms in total. The molecule has 5 heteroatoms. The molecule has 0 bridgehead atoms. The fourth-order valence-corrected chi connectivity index (χ4v) is 0.745. The fourth-order valence-electron chi connectivity index (χ4n) is 0.745. The highest BCUT2D eigenvalue weighted by Crippen LogP contribution is 2.05. The van der Waals surface area contributed by atoms with Gasteiger partial charge in [-0.15, -0.1) is 0 Å². The minimum atomic E-state index is -1.17. The first-order valence-electron chi connectivity index (χ1n) is 2.83. The normalized spacial score (nSPS) is 9.45. The minimum Gasteiger partial charge on any atom is -0.478 e. The van der Waals surface area contributed by atoms with Crippen molar-refractivity contribution in [2.75, 3.05) is 0 Å². The molecule has 58 valence electrons. The summed E-state index contributed by atoms with van der Waals surface area (Å²) in [6.07, 6.45) is 2.47. The molecule has 0 aliphatic rings. The van der Waals surface area contributed by atoms with E-state index in [4.69, 9.17) is 10.8 Å². The van der Waals surface area contributed by atoms with Gasteiger partial charge in [-0.05, 0) is 0 Å². The highest BCUT2D eigenvalue weighted by atomic mass is 16.4. The second-order valence-corrected chi connectivity index (χ2v) is 1.95. The molecule has 0 spiro atoms. The molecule has 0 aromatic carbocycles. The van der Waals surface area contributed by atoms with Crippen LogP contribution < -0.4 is 5.73 Å². The van der Waals surface area contributed by atoms with E-state index in [9.17, 15) is 9.59 Å². The van der Waals surface area contributed by atoms with Gasteiger partial charge in [0.2, 0.25) is 0 Å². The zero-order valence-electron chi connectivity index (χ0n) is 5.50. The van der Waals surface area contributed by atoms with Crippen molar-refractivity contribution in [1.82, 2.24) is 4.98 Å². The average Bonchev–Trinajstić information content (AvgIpc) is 2.32. The lowest BCUT2D eigenvalue weighted by Crippen LogP contribution is -2.13. The average molecular weight is 154 g/mol. The van der Waals surface area contributed by atoms with Gasteiger partial charge >= 0.3 is 5.97 Å². The van der Waals surface area contributed by atoms with Gasteiger partial charge in [0.05, 0.1) is 11.1 Å². The molecule has 1 rings (SSSR count). The predicted molar refractivity (Wildman–Crippen MR) is 36.3 cm³/mol. The maximum atomic E-state index is 10.5. The van der Waals surface area contributed by atoms with E-state index in [-0.39, 0.29) is 11.1 Å². The summed E-state index contributed by atoms with van der Waals surface area (Å²) in [6.45, 7) is 0. The number of aromatic nitrogens is 1. The van der Waals surface area contributed by atoms with Crippen molar-refractivity contribution >= 4 is 11.9 Å². The number of aromatic amines is 1. The molecule has 0 saturated carbocycles. The summed E-state index contributed by atoms with van der Waals surface area (Å²) < 4.78 is 0. The minimum absolute atomic E-state index is 0.00231. The standard InChI is InChI=1S/C6H6N2O3/c7-5(9)3-1-8-2-4(3)6(10)11/h1-2,8H,(H2,7,9)(H,10,11). The molecular formula is C6H6N2O3. The summed E-state index contributed by atoms with van der Waals surface area (Å²) in [5.41, 5.74) is 4.77. The van der Waals surface area contributed by atoms with Crippen LogP contribution in [0.25, 0.3) is 0 Å². The number of rotatable bonds is 2. The van der Waals surface area contributed by atoms with Gasteiger partial charge in [0, 0.05) is 12.4 Å². The summed E-state index contributed by atoms with van der Waals surface area (Å²) in [7, 11) is 0. The van der Waals surface area contributed by atoms with Crippen LogP contribution in [0.5, 0.6) is 0 Å². The van der Waals surface area contributed by atoms with Crippen molar-refractivity contribution in [2.24, 2.45) is 5.73 Å². The number of H-pyrrole nitrogens is 1. The van der Waals surface area contributed by atoms with Gasteiger partial charge in [-0.3, -0.25) is 4.79 Å². The van der Waals surface area contributed by atoms with Crippen LogP contribution in [0.4, 0.5) is 0 Å². The van der Waals surface area contributed by atoms with Crippen molar-refractivity contribution in [3.8, 4) is 0 Å². The first kappa shape index (κ1) is 7.33. The van der Waals surface area contributed by atoms with Crippen molar-refractivity contribution in [3.05, 3.63) is 23.5 Å². The summed E-state index contributed by atoms with van der Waals surface area (Å²) in [5.74, 6) is -1.91. The molecule has 0 unspecified atom stereocenters. The number of hydrogen-bond donors (Lipinski definition) is 3. The van der Waals surface area contributed by atoms with Crippen LogP contribution in [0.3, 0.4) is 0 Å². The van der Waals surface area contributed by atoms with Gasteiger partial charge in [0.15, 0.2) is 0 Å². The van der Waals surface area contributed by atoms with E-state index in [0.29, 0.717) is 0 Å². The van der Waals surface area contributed by atoms with Crippen LogP contribution in [0.15, 0.2) is 12.4 Å². The number of hydrogen-bond acceptors (Lipinski definition) is 2. The number of carbonyl (C=O) groups excluding carboxylic acids is 1. The Bertz CT molecular complexity index is 274. The molecular weight excluding hydrogens is 148 g/mol. The first-order valence-corrected chi connectivity index (χ1v) is 2.83. The molecule has 1 aromatic heterocycles. The number of primary amides is 1. The number of carboxylic acid groups (broad SMARTS) is 1. The molecule has 0 fully saturated rings. The Morgan fingerprint density at radius 3 is 2.27 bits per heavy atom. The van der Waals surface area contributed by atoms with Crippen molar-refractivity contribution in [3.63, 3.8) is 0 Å². The Hall–Kier alpha value is -1.78. The summed E-state index contributed by atoms with van der Waals surface area (Å²) in [4.78, 5) is 23.4. The number of amides is 1. The van der Waals surface area contributed by atoms with Gasteiger partial charge in [0.25, 0.3) is 5.91 Å². The monoisotopic (exact) mass is 154 g/mol. The van der Waals surface area contributed by atoms with Crippen LogP contribution in [0.2, 0.25) is 0 Å². The molecule has 1 heterocycles. The van der Waals surface area contributed by atoms with E-state index in [1.807, 2.05) is 0 Å². The van der Waals surface area contributed by atoms with E-state index < -0.39 is 11.9 Å². The molecule has 1 amide bonds. The third-order valence-corrected chi connectivity index (χ3v) is 1.24. The predicted octanol–water partition coefficient (Wildman–Crippen LogP) is -0.188. The van der Waals surface area contributed by atoms with Gasteiger partial charge in [0.1, 0.15) is 0 Å². The second-order valence-electron chi connectivity index (χ2n) is 1.95. The molecule has 0 atom stereocenters. The van der Waals surface area contributed by atoms with Crippen molar-refractivity contribution in [2.45, 2.75) is 0 Å². The Balaban J connectivity index is 3.16. The highest BCUT2D eigenvalue weighted by molar-refractivity contribution is 6.03. The lowest BCUT2D eigenvalue weighted by molar-refractivity contribution is 0.0692. The molecule has 0 saturated heterocycles. The van der Waals surface area contributed by atoms with E-state index in [1.54, 1.807) is 0 Å². The smallest absolute Gasteiger partial charge is 0.338 e. The Morgan fingerprint density at radius 2 is 1.91 bits per heavy atom. The Kier molecular flexibility index (Phi) is 1.63. The second kappa shape index (κ2) is 2.45. The maximum absolute atomic E-state index is 10.5. The van der Waals surface area contributed by atoms with Gasteiger partial charge in [-0.2, -0.15) is 0 Å². The lowest BCUT2D eigenvalue weighted by atomic mass is 10.2. The van der Waals surface area contributed by atoms with E-state index >= 15 is 0 Å². The molecule has 0 aliphatic heterocycles. The van der Waals surface area contributed by atoms with Crippen LogP contribution in [0, 0.1) is 0 Å². The molecule has 1 aromatic rings. The third kappa shape index (κ3) is 1.21.